The average Bonchev–Trinajstić information content (AvgIpc) is 3.47. The zero-order valence-corrected chi connectivity index (χ0v) is 17.9. The van der Waals surface area contributed by atoms with Gasteiger partial charge < -0.3 is 0 Å². The van der Waals surface area contributed by atoms with Gasteiger partial charge in [-0.2, -0.15) is 5.21 Å². The molecule has 0 aliphatic heterocycles. The first-order valence-electron chi connectivity index (χ1n) is 10.4. The van der Waals surface area contributed by atoms with Crippen molar-refractivity contribution in [1.82, 2.24) is 35.0 Å². The van der Waals surface area contributed by atoms with E-state index in [1.54, 1.807) is 11.5 Å². The van der Waals surface area contributed by atoms with Crippen LogP contribution in [0, 0.1) is 0 Å². The van der Waals surface area contributed by atoms with Crippen LogP contribution in [0.25, 0.3) is 22.5 Å². The number of hydrogen-bond donors (Lipinski definition) is 1. The van der Waals surface area contributed by atoms with Crippen molar-refractivity contribution in [2.24, 2.45) is 0 Å². The SMILES string of the molecule is C/C=C/Cc1nn(C(=O)CC)c(=O)n1Cc1ccc(-c2cccc(-c3nn[nH]n3)c2)cc1. The topological polar surface area (TPSA) is 111 Å². The zero-order valence-electron chi connectivity index (χ0n) is 17.9. The summed E-state index contributed by atoms with van der Waals surface area (Å²) in [5, 5.41) is 18.4. The Kier molecular flexibility index (Phi) is 6.16. The molecule has 32 heavy (non-hydrogen) atoms. The number of nitrogens with one attached hydrogen (secondary N) is 1. The molecule has 2 heterocycles. The monoisotopic (exact) mass is 429 g/mol. The highest BCUT2D eigenvalue weighted by molar-refractivity contribution is 5.77. The van der Waals surface area contributed by atoms with Crippen molar-refractivity contribution < 1.29 is 4.79 Å². The highest BCUT2D eigenvalue weighted by Gasteiger charge is 2.17. The summed E-state index contributed by atoms with van der Waals surface area (Å²) in [4.78, 5) is 24.9. The lowest BCUT2D eigenvalue weighted by Crippen LogP contribution is -2.29. The summed E-state index contributed by atoms with van der Waals surface area (Å²) >= 11 is 0. The van der Waals surface area contributed by atoms with Gasteiger partial charge >= 0.3 is 5.69 Å². The molecule has 9 nitrogen and oxygen atoms in total. The van der Waals surface area contributed by atoms with Gasteiger partial charge in [0.05, 0.1) is 6.54 Å². The molecule has 0 saturated carbocycles. The van der Waals surface area contributed by atoms with E-state index < -0.39 is 5.69 Å². The number of carbonyl (C=O) groups is 1. The van der Waals surface area contributed by atoms with Gasteiger partial charge in [-0.3, -0.25) is 9.36 Å². The van der Waals surface area contributed by atoms with E-state index in [0.717, 1.165) is 26.9 Å². The Morgan fingerprint density at radius 1 is 1.09 bits per heavy atom. The third-order valence-corrected chi connectivity index (χ3v) is 5.11. The molecule has 1 N–H and O–H groups in total. The second kappa shape index (κ2) is 9.34. The Balaban J connectivity index is 1.61. The fourth-order valence-electron chi connectivity index (χ4n) is 3.39. The summed E-state index contributed by atoms with van der Waals surface area (Å²) in [5.41, 5.74) is 3.45. The Bertz CT molecular complexity index is 1300. The van der Waals surface area contributed by atoms with Crippen LogP contribution in [0.15, 0.2) is 65.5 Å². The summed E-state index contributed by atoms with van der Waals surface area (Å²) in [6.07, 6.45) is 4.51. The van der Waals surface area contributed by atoms with Crippen LogP contribution >= 0.6 is 0 Å². The summed E-state index contributed by atoms with van der Waals surface area (Å²) in [7, 11) is 0. The molecule has 0 fully saturated rings. The molecule has 0 amide bonds. The van der Waals surface area contributed by atoms with Gasteiger partial charge in [-0.25, -0.2) is 4.79 Å². The number of rotatable bonds is 7. The molecule has 0 aliphatic rings. The van der Waals surface area contributed by atoms with Crippen LogP contribution in [-0.4, -0.2) is 40.9 Å². The number of hydrogen-bond acceptors (Lipinski definition) is 6. The first kappa shape index (κ1) is 21.1. The molecular formula is C23H23N7O2. The molecule has 0 spiro atoms. The number of allylic oxidation sites excluding steroid dienone is 2. The second-order valence-corrected chi connectivity index (χ2v) is 7.23. The fourth-order valence-corrected chi connectivity index (χ4v) is 3.39. The molecule has 0 unspecified atom stereocenters. The number of nitrogens with zero attached hydrogens (tertiary/aromatic N) is 6. The van der Waals surface area contributed by atoms with E-state index in [-0.39, 0.29) is 12.3 Å². The molecule has 0 radical (unpaired) electrons. The Morgan fingerprint density at radius 2 is 1.88 bits per heavy atom. The maximum Gasteiger partial charge on any atom is 0.353 e. The van der Waals surface area contributed by atoms with Gasteiger partial charge in [0, 0.05) is 18.4 Å². The van der Waals surface area contributed by atoms with Crippen LogP contribution in [0.1, 0.15) is 36.5 Å². The maximum absolute atomic E-state index is 12.8. The molecule has 2 aromatic carbocycles. The van der Waals surface area contributed by atoms with Crippen LogP contribution in [0.5, 0.6) is 0 Å². The molecule has 2 aromatic heterocycles. The van der Waals surface area contributed by atoms with E-state index in [9.17, 15) is 9.59 Å². The predicted octanol–water partition coefficient (Wildman–Crippen LogP) is 3.11. The van der Waals surface area contributed by atoms with E-state index in [1.165, 1.54) is 0 Å². The fraction of sp³-hybridized carbons (Fsp3) is 0.217. The van der Waals surface area contributed by atoms with Crippen molar-refractivity contribution in [3.05, 3.63) is 82.6 Å². The lowest BCUT2D eigenvalue weighted by Gasteiger charge is -2.07. The number of carbonyl (C=O) groups excluding carboxylic acids is 1. The molecule has 162 valence electrons. The van der Waals surface area contributed by atoms with Gasteiger partial charge in [0.15, 0.2) is 0 Å². The van der Waals surface area contributed by atoms with E-state index >= 15 is 0 Å². The van der Waals surface area contributed by atoms with Crippen LogP contribution in [0.3, 0.4) is 0 Å². The van der Waals surface area contributed by atoms with Gasteiger partial charge in [0.25, 0.3) is 5.91 Å². The molecule has 4 rings (SSSR count). The molecular weight excluding hydrogens is 406 g/mol. The van der Waals surface area contributed by atoms with Crippen molar-refractivity contribution in [3.8, 4) is 22.5 Å². The second-order valence-electron chi connectivity index (χ2n) is 7.23. The maximum atomic E-state index is 12.8. The lowest BCUT2D eigenvalue weighted by molar-refractivity contribution is 0.0887. The first-order valence-corrected chi connectivity index (χ1v) is 10.4. The Labute approximate surface area is 184 Å². The van der Waals surface area contributed by atoms with Crippen molar-refractivity contribution in [1.29, 1.82) is 0 Å². The first-order chi connectivity index (χ1) is 15.6. The molecule has 0 aliphatic carbocycles. The minimum Gasteiger partial charge on any atom is -0.274 e. The number of benzene rings is 2. The van der Waals surface area contributed by atoms with Crippen molar-refractivity contribution in [2.75, 3.05) is 0 Å². The lowest BCUT2D eigenvalue weighted by atomic mass is 10.0. The van der Waals surface area contributed by atoms with Crippen LogP contribution < -0.4 is 5.69 Å². The zero-order chi connectivity index (χ0) is 22.5. The molecule has 0 saturated heterocycles. The van der Waals surface area contributed by atoms with Crippen LogP contribution in [0.4, 0.5) is 0 Å². The molecule has 4 aromatic rings. The normalized spacial score (nSPS) is 11.3. The third-order valence-electron chi connectivity index (χ3n) is 5.11. The molecule has 9 heteroatoms. The van der Waals surface area contributed by atoms with Gasteiger partial charge in [-0.05, 0) is 34.9 Å². The summed E-state index contributed by atoms with van der Waals surface area (Å²) in [6.45, 7) is 3.96. The van der Waals surface area contributed by atoms with Crippen molar-refractivity contribution >= 4 is 5.91 Å². The summed E-state index contributed by atoms with van der Waals surface area (Å²) in [5.74, 6) is 0.786. The largest absolute Gasteiger partial charge is 0.353 e. The predicted molar refractivity (Wildman–Crippen MR) is 120 cm³/mol. The van der Waals surface area contributed by atoms with Crippen LogP contribution in [-0.2, 0) is 13.0 Å². The smallest absolute Gasteiger partial charge is 0.274 e. The van der Waals surface area contributed by atoms with Gasteiger partial charge in [0.2, 0.25) is 5.82 Å². The number of aromatic amines is 1. The highest BCUT2D eigenvalue weighted by atomic mass is 16.2. The standard InChI is InChI=1S/C23H23N7O2/c1-3-5-9-20-26-30(21(31)4-2)23(32)29(20)15-16-10-12-17(13-11-16)18-7-6-8-19(14-18)22-24-27-28-25-22/h3,5-8,10-14H,4,9,15H2,1-2H3,(H,24,25,27,28)/b5-3+. The summed E-state index contributed by atoms with van der Waals surface area (Å²) < 4.78 is 2.52. The molecule has 0 bridgehead atoms. The van der Waals surface area contributed by atoms with E-state index in [1.807, 2.05) is 67.6 Å². The molecule has 0 atom stereocenters. The third kappa shape index (κ3) is 4.31. The number of H-pyrrole nitrogens is 1. The number of aromatic nitrogens is 7. The van der Waals surface area contributed by atoms with Gasteiger partial charge in [0.1, 0.15) is 5.82 Å². The number of tetrazole rings is 1. The van der Waals surface area contributed by atoms with E-state index in [4.69, 9.17) is 0 Å². The minimum absolute atomic E-state index is 0.220. The van der Waals surface area contributed by atoms with Crippen molar-refractivity contribution in [2.45, 2.75) is 33.2 Å². The Morgan fingerprint density at radius 3 is 2.56 bits per heavy atom. The minimum atomic E-state index is -0.409. The van der Waals surface area contributed by atoms with Crippen LogP contribution in [0.2, 0.25) is 0 Å². The van der Waals surface area contributed by atoms with Crippen molar-refractivity contribution in [3.63, 3.8) is 0 Å². The van der Waals surface area contributed by atoms with E-state index in [0.29, 0.717) is 24.6 Å². The Hall–Kier alpha value is -4.14. The summed E-state index contributed by atoms with van der Waals surface area (Å²) in [6, 6.07) is 15.8. The van der Waals surface area contributed by atoms with Gasteiger partial charge in [-0.1, -0.05) is 61.5 Å². The van der Waals surface area contributed by atoms with E-state index in [2.05, 4.69) is 25.7 Å². The highest BCUT2D eigenvalue weighted by Crippen LogP contribution is 2.24. The van der Waals surface area contributed by atoms with Gasteiger partial charge in [-0.15, -0.1) is 20.0 Å². The quantitative estimate of drug-likeness (QED) is 0.452. The average molecular weight is 429 g/mol.